The second-order valence-electron chi connectivity index (χ2n) is 9.15. The molecule has 0 bridgehead atoms. The van der Waals surface area contributed by atoms with Crippen LogP contribution in [0.1, 0.15) is 57.8 Å². The summed E-state index contributed by atoms with van der Waals surface area (Å²) in [5.74, 6) is 7.09. The van der Waals surface area contributed by atoms with E-state index in [2.05, 4.69) is 36.3 Å². The zero-order valence-corrected chi connectivity index (χ0v) is 24.1. The molecule has 202 valence electrons. The van der Waals surface area contributed by atoms with Crippen LogP contribution in [0.5, 0.6) is 5.75 Å². The Morgan fingerprint density at radius 2 is 1.92 bits per heavy atom. The molecule has 0 aliphatic rings. The molecule has 0 unspecified atom stereocenters. The topological polar surface area (TPSA) is 85.9 Å². The summed E-state index contributed by atoms with van der Waals surface area (Å²) in [6.07, 6.45) is 4.02. The predicted molar refractivity (Wildman–Crippen MR) is 150 cm³/mol. The quantitative estimate of drug-likeness (QED) is 0.128. The van der Waals surface area contributed by atoms with E-state index in [0.717, 1.165) is 12.8 Å². The molecule has 0 aliphatic carbocycles. The second kappa shape index (κ2) is 18.4. The lowest BCUT2D eigenvalue weighted by atomic mass is 10.1. The molecule has 2 N–H and O–H groups in total. The first-order valence-corrected chi connectivity index (χ1v) is 14.9. The van der Waals surface area contributed by atoms with E-state index in [1.807, 2.05) is 39.2 Å². The molecule has 0 radical (unpaired) electrons. The van der Waals surface area contributed by atoms with Crippen molar-refractivity contribution >= 4 is 33.4 Å². The Balaban J connectivity index is 2.44. The zero-order chi connectivity index (χ0) is 26.8. The molecule has 0 aliphatic heterocycles. The van der Waals surface area contributed by atoms with Gasteiger partial charge in [-0.25, -0.2) is 0 Å². The molecule has 0 spiro atoms. The van der Waals surface area contributed by atoms with Crippen LogP contribution in [0.15, 0.2) is 24.3 Å². The van der Waals surface area contributed by atoms with Crippen LogP contribution in [0.4, 0.5) is 0 Å². The van der Waals surface area contributed by atoms with E-state index in [-0.39, 0.29) is 37.6 Å². The van der Waals surface area contributed by atoms with Gasteiger partial charge in [0.1, 0.15) is 19.0 Å². The molecule has 0 saturated carbocycles. The predicted octanol–water partition coefficient (Wildman–Crippen LogP) is 4.77. The van der Waals surface area contributed by atoms with Crippen LogP contribution in [0.3, 0.4) is 0 Å². The number of carbonyl (C=O) groups is 2. The minimum absolute atomic E-state index is 0.0398. The maximum atomic E-state index is 12.4. The average Bonchev–Trinajstić information content (AvgIpc) is 2.83. The summed E-state index contributed by atoms with van der Waals surface area (Å²) >= 11 is 0. The summed E-state index contributed by atoms with van der Waals surface area (Å²) in [7, 11) is 3.12. The minimum Gasteiger partial charge on any atom is -0.490 e. The lowest BCUT2D eigenvalue weighted by Gasteiger charge is -2.28. The highest BCUT2D eigenvalue weighted by molar-refractivity contribution is 8.76. The van der Waals surface area contributed by atoms with Crippen LogP contribution in [0, 0.1) is 23.7 Å². The molecule has 0 aromatic heterocycles. The van der Waals surface area contributed by atoms with E-state index in [9.17, 15) is 9.59 Å². The Kier molecular flexibility index (Phi) is 16.4. The van der Waals surface area contributed by atoms with E-state index in [1.165, 1.54) is 0 Å². The van der Waals surface area contributed by atoms with Crippen molar-refractivity contribution in [2.45, 2.75) is 52.4 Å². The largest absolute Gasteiger partial charge is 0.490 e. The van der Waals surface area contributed by atoms with Crippen molar-refractivity contribution in [2.75, 3.05) is 45.8 Å². The number of benzene rings is 1. The number of amides is 2. The first-order valence-electron chi connectivity index (χ1n) is 12.3. The van der Waals surface area contributed by atoms with E-state index >= 15 is 0 Å². The Hall–Kier alpha value is -1.86. The zero-order valence-electron chi connectivity index (χ0n) is 22.5. The SMILES string of the molecule is CSS[C@@](C)(COc1cccc(C(=O)NCCCC(C)C)c1)OCCOCC(=O)NCC#CC(C)C. The molecule has 2 amide bonds. The molecule has 7 nitrogen and oxygen atoms in total. The van der Waals surface area contributed by atoms with Crippen LogP contribution in [-0.2, 0) is 14.3 Å². The third-order valence-electron chi connectivity index (χ3n) is 4.73. The van der Waals surface area contributed by atoms with Crippen molar-refractivity contribution in [1.82, 2.24) is 10.6 Å². The highest BCUT2D eigenvalue weighted by atomic mass is 33.1. The number of rotatable bonds is 17. The first-order chi connectivity index (χ1) is 17.1. The number of hydrogen-bond donors (Lipinski definition) is 2. The van der Waals surface area contributed by atoms with Crippen LogP contribution < -0.4 is 15.4 Å². The molecule has 36 heavy (non-hydrogen) atoms. The maximum absolute atomic E-state index is 12.4. The van der Waals surface area contributed by atoms with Crippen molar-refractivity contribution in [1.29, 1.82) is 0 Å². The fraction of sp³-hybridized carbons (Fsp3) is 0.630. The van der Waals surface area contributed by atoms with Crippen molar-refractivity contribution in [3.63, 3.8) is 0 Å². The monoisotopic (exact) mass is 538 g/mol. The number of nitrogens with one attached hydrogen (secondary N) is 2. The molecular formula is C27H42N2O5S2. The lowest BCUT2D eigenvalue weighted by Crippen LogP contribution is -2.33. The number of ether oxygens (including phenoxy) is 3. The fourth-order valence-electron chi connectivity index (χ4n) is 2.95. The summed E-state index contributed by atoms with van der Waals surface area (Å²) in [6.45, 7) is 12.1. The van der Waals surface area contributed by atoms with Crippen molar-refractivity contribution in [3.05, 3.63) is 29.8 Å². The summed E-state index contributed by atoms with van der Waals surface area (Å²) < 4.78 is 17.4. The van der Waals surface area contributed by atoms with Gasteiger partial charge in [0, 0.05) is 18.0 Å². The Labute approximate surface area is 225 Å². The minimum atomic E-state index is -0.632. The van der Waals surface area contributed by atoms with Crippen molar-refractivity contribution in [2.24, 2.45) is 11.8 Å². The van der Waals surface area contributed by atoms with Crippen LogP contribution in [0.2, 0.25) is 0 Å². The third-order valence-corrected chi connectivity index (χ3v) is 7.05. The highest BCUT2D eigenvalue weighted by Gasteiger charge is 2.27. The standard InChI is InChI=1S/C27H42N2O5S2/c1-21(2)10-8-14-28-25(30)19-32-16-17-34-27(5,36-35-6)20-33-24-13-7-12-23(18-24)26(31)29-15-9-11-22(3)4/h7,12-13,18,21-22H,9,11,14-17,19-20H2,1-6H3,(H,28,30)(H,29,31)/t27-/m0/s1. The van der Waals surface area contributed by atoms with Gasteiger partial charge in [-0.1, -0.05) is 67.2 Å². The van der Waals surface area contributed by atoms with E-state index in [4.69, 9.17) is 14.2 Å². The molecule has 1 atom stereocenters. The summed E-state index contributed by atoms with van der Waals surface area (Å²) in [6, 6.07) is 7.16. The van der Waals surface area contributed by atoms with Gasteiger partial charge in [-0.3, -0.25) is 9.59 Å². The van der Waals surface area contributed by atoms with Gasteiger partial charge in [-0.05, 0) is 50.1 Å². The molecule has 9 heteroatoms. The maximum Gasteiger partial charge on any atom is 0.251 e. The Morgan fingerprint density at radius 3 is 2.61 bits per heavy atom. The van der Waals surface area contributed by atoms with E-state index in [1.54, 1.807) is 33.7 Å². The number of carbonyl (C=O) groups excluding carboxylic acids is 2. The lowest BCUT2D eigenvalue weighted by molar-refractivity contribution is -0.126. The second-order valence-corrected chi connectivity index (χ2v) is 12.0. The van der Waals surface area contributed by atoms with Gasteiger partial charge in [-0.2, -0.15) is 0 Å². The smallest absolute Gasteiger partial charge is 0.251 e. The Morgan fingerprint density at radius 1 is 1.14 bits per heavy atom. The first kappa shape index (κ1) is 32.2. The molecular weight excluding hydrogens is 496 g/mol. The third kappa shape index (κ3) is 15.3. The summed E-state index contributed by atoms with van der Waals surface area (Å²) in [5, 5.41) is 5.67. The molecule has 1 aromatic carbocycles. The summed E-state index contributed by atoms with van der Waals surface area (Å²) in [4.78, 5) is 23.6. The molecule has 0 fully saturated rings. The van der Waals surface area contributed by atoms with E-state index in [0.29, 0.717) is 36.9 Å². The van der Waals surface area contributed by atoms with Gasteiger partial charge in [0.05, 0.1) is 19.8 Å². The van der Waals surface area contributed by atoms with Crippen LogP contribution >= 0.6 is 21.6 Å². The van der Waals surface area contributed by atoms with E-state index < -0.39 is 4.93 Å². The summed E-state index contributed by atoms with van der Waals surface area (Å²) in [5.41, 5.74) is 0.569. The van der Waals surface area contributed by atoms with Gasteiger partial charge in [0.2, 0.25) is 5.91 Å². The fourth-order valence-corrected chi connectivity index (χ4v) is 4.89. The molecule has 0 heterocycles. The van der Waals surface area contributed by atoms with Gasteiger partial charge >= 0.3 is 0 Å². The normalized spacial score (nSPS) is 12.6. The van der Waals surface area contributed by atoms with Crippen molar-refractivity contribution in [3.8, 4) is 17.6 Å². The molecule has 1 aromatic rings. The molecule has 1 rings (SSSR count). The van der Waals surface area contributed by atoms with Crippen LogP contribution in [-0.4, -0.2) is 62.5 Å². The van der Waals surface area contributed by atoms with Crippen molar-refractivity contribution < 1.29 is 23.8 Å². The van der Waals surface area contributed by atoms with Gasteiger partial charge in [0.15, 0.2) is 4.93 Å². The number of hydrogen-bond acceptors (Lipinski definition) is 7. The Bertz CT molecular complexity index is 854. The van der Waals surface area contributed by atoms with Gasteiger partial charge in [0.25, 0.3) is 5.91 Å². The van der Waals surface area contributed by atoms with Gasteiger partial charge < -0.3 is 24.8 Å². The van der Waals surface area contributed by atoms with Gasteiger partial charge in [-0.15, -0.1) is 0 Å². The van der Waals surface area contributed by atoms with Crippen LogP contribution in [0.25, 0.3) is 0 Å². The average molecular weight is 539 g/mol. The highest BCUT2D eigenvalue weighted by Crippen LogP contribution is 2.35. The molecule has 0 saturated heterocycles.